The lowest BCUT2D eigenvalue weighted by Crippen LogP contribution is -2.15. The van der Waals surface area contributed by atoms with E-state index in [0.717, 1.165) is 12.4 Å². The number of aromatic nitrogens is 3. The Hall–Kier alpha value is -0.840. The average Bonchev–Trinajstić information content (AvgIpc) is 2.85. The predicted octanol–water partition coefficient (Wildman–Crippen LogP) is 2.48. The maximum atomic E-state index is 11.9. The molecule has 1 heterocycles. The molecule has 0 aliphatic heterocycles. The summed E-state index contributed by atoms with van der Waals surface area (Å²) in [6, 6.07) is 0. The van der Waals surface area contributed by atoms with E-state index in [2.05, 4.69) is 10.1 Å². The van der Waals surface area contributed by atoms with Crippen molar-refractivity contribution in [3.05, 3.63) is 12.2 Å². The first-order valence-corrected chi connectivity index (χ1v) is 7.84. The van der Waals surface area contributed by atoms with Crippen molar-refractivity contribution in [1.82, 2.24) is 14.8 Å². The topological polar surface area (TPSA) is 47.8 Å². The molecule has 2 rings (SSSR count). The highest BCUT2D eigenvalue weighted by Crippen LogP contribution is 2.28. The molecule has 0 spiro atoms. The lowest BCUT2D eigenvalue weighted by molar-refractivity contribution is -0.116. The van der Waals surface area contributed by atoms with Gasteiger partial charge in [0.15, 0.2) is 0 Å². The molecule has 0 atom stereocenters. The number of rotatable bonds is 6. The van der Waals surface area contributed by atoms with Gasteiger partial charge in [0, 0.05) is 11.8 Å². The van der Waals surface area contributed by atoms with Crippen LogP contribution in [0.1, 0.15) is 44.9 Å². The molecule has 1 aliphatic carbocycles. The first-order chi connectivity index (χ1) is 8.79. The summed E-state index contributed by atoms with van der Waals surface area (Å²) in [5, 5.41) is 4.78. The zero-order valence-corrected chi connectivity index (χ0v) is 11.8. The molecule has 1 fully saturated rings. The fourth-order valence-electron chi connectivity index (χ4n) is 2.36. The Morgan fingerprint density at radius 1 is 1.44 bits per heavy atom. The summed E-state index contributed by atoms with van der Waals surface area (Å²) in [5.74, 6) is 1.70. The molecule has 0 bridgehead atoms. The second-order valence-corrected chi connectivity index (χ2v) is 6.07. The van der Waals surface area contributed by atoms with E-state index < -0.39 is 0 Å². The highest BCUT2D eigenvalue weighted by Gasteiger charge is 2.16. The van der Waals surface area contributed by atoms with Crippen molar-refractivity contribution >= 4 is 17.5 Å². The molecule has 5 heteroatoms. The zero-order chi connectivity index (χ0) is 12.8. The minimum atomic E-state index is 0.272. The third-order valence-corrected chi connectivity index (χ3v) is 4.81. The Bertz CT molecular complexity index is 385. The van der Waals surface area contributed by atoms with Gasteiger partial charge in [-0.25, -0.2) is 9.67 Å². The Morgan fingerprint density at radius 3 is 2.94 bits per heavy atom. The molecule has 1 aromatic heterocycles. The van der Waals surface area contributed by atoms with Crippen LogP contribution < -0.4 is 0 Å². The van der Waals surface area contributed by atoms with Crippen LogP contribution in [0.4, 0.5) is 0 Å². The van der Waals surface area contributed by atoms with Gasteiger partial charge in [-0.15, -0.1) is 0 Å². The van der Waals surface area contributed by atoms with Gasteiger partial charge in [0.1, 0.15) is 17.9 Å². The summed E-state index contributed by atoms with van der Waals surface area (Å²) in [5.41, 5.74) is 0. The van der Waals surface area contributed by atoms with E-state index >= 15 is 0 Å². The number of carbonyl (C=O) groups excluding carboxylic acids is 1. The summed E-state index contributed by atoms with van der Waals surface area (Å²) in [6.45, 7) is 2.79. The van der Waals surface area contributed by atoms with Crippen LogP contribution >= 0.6 is 11.8 Å². The minimum absolute atomic E-state index is 0.272. The van der Waals surface area contributed by atoms with Crippen LogP contribution in [-0.2, 0) is 17.8 Å². The fourth-order valence-corrected chi connectivity index (χ4v) is 3.55. The molecule has 0 N–H and O–H groups in total. The summed E-state index contributed by atoms with van der Waals surface area (Å²) in [7, 11) is 0. The third kappa shape index (κ3) is 3.83. The molecule has 1 aromatic rings. The summed E-state index contributed by atoms with van der Waals surface area (Å²) < 4.78 is 1.79. The number of Topliss-reactive ketones (excluding diaryl/α,β-unsaturated/α-hetero) is 1. The van der Waals surface area contributed by atoms with Crippen molar-refractivity contribution in [1.29, 1.82) is 0 Å². The second kappa shape index (κ2) is 6.92. The summed E-state index contributed by atoms with van der Waals surface area (Å²) >= 11 is 1.83. The SMILES string of the molecule is CCn1ncnc1CC(=O)CSC1CCCCC1. The molecule has 1 saturated carbocycles. The zero-order valence-electron chi connectivity index (χ0n) is 11.0. The van der Waals surface area contributed by atoms with E-state index in [1.54, 1.807) is 4.68 Å². The number of hydrogen-bond acceptors (Lipinski definition) is 4. The number of hydrogen-bond donors (Lipinski definition) is 0. The van der Waals surface area contributed by atoms with E-state index in [1.807, 2.05) is 18.7 Å². The van der Waals surface area contributed by atoms with Gasteiger partial charge in [-0.1, -0.05) is 19.3 Å². The molecule has 1 aliphatic rings. The van der Waals surface area contributed by atoms with E-state index in [-0.39, 0.29) is 5.78 Å². The number of ketones is 1. The molecule has 18 heavy (non-hydrogen) atoms. The largest absolute Gasteiger partial charge is 0.298 e. The average molecular weight is 267 g/mol. The molecule has 0 radical (unpaired) electrons. The molecule has 0 aromatic carbocycles. The molecule has 0 unspecified atom stereocenters. The molecule has 4 nitrogen and oxygen atoms in total. The van der Waals surface area contributed by atoms with Gasteiger partial charge in [0.05, 0.1) is 12.2 Å². The van der Waals surface area contributed by atoms with E-state index in [0.29, 0.717) is 17.4 Å². The summed E-state index contributed by atoms with van der Waals surface area (Å²) in [6.07, 6.45) is 8.54. The third-order valence-electron chi connectivity index (χ3n) is 3.38. The van der Waals surface area contributed by atoms with Gasteiger partial charge in [0.25, 0.3) is 0 Å². The number of thioether (sulfide) groups is 1. The molecular formula is C13H21N3OS. The molecule has 0 amide bonds. The first kappa shape index (κ1) is 13.6. The molecular weight excluding hydrogens is 246 g/mol. The lowest BCUT2D eigenvalue weighted by atomic mass is 10.0. The summed E-state index contributed by atoms with van der Waals surface area (Å²) in [4.78, 5) is 16.1. The number of carbonyl (C=O) groups is 1. The van der Waals surface area contributed by atoms with Crippen LogP contribution in [0.2, 0.25) is 0 Å². The lowest BCUT2D eigenvalue weighted by Gasteiger charge is -2.20. The Morgan fingerprint density at radius 2 is 2.22 bits per heavy atom. The van der Waals surface area contributed by atoms with E-state index in [4.69, 9.17) is 0 Å². The maximum Gasteiger partial charge on any atom is 0.150 e. The van der Waals surface area contributed by atoms with Crippen LogP contribution in [0.5, 0.6) is 0 Å². The highest BCUT2D eigenvalue weighted by atomic mass is 32.2. The van der Waals surface area contributed by atoms with Gasteiger partial charge < -0.3 is 0 Å². The fraction of sp³-hybridized carbons (Fsp3) is 0.769. The number of nitrogens with zero attached hydrogens (tertiary/aromatic N) is 3. The molecule has 0 saturated heterocycles. The van der Waals surface area contributed by atoms with Gasteiger partial charge in [0.2, 0.25) is 0 Å². The van der Waals surface area contributed by atoms with Gasteiger partial charge in [-0.3, -0.25) is 4.79 Å². The minimum Gasteiger partial charge on any atom is -0.298 e. The quantitative estimate of drug-likeness (QED) is 0.794. The van der Waals surface area contributed by atoms with Crippen LogP contribution in [0.15, 0.2) is 6.33 Å². The Balaban J connectivity index is 1.74. The predicted molar refractivity (Wildman–Crippen MR) is 73.7 cm³/mol. The highest BCUT2D eigenvalue weighted by molar-refractivity contribution is 8.00. The van der Waals surface area contributed by atoms with Gasteiger partial charge in [-0.05, 0) is 19.8 Å². The van der Waals surface area contributed by atoms with Gasteiger partial charge >= 0.3 is 0 Å². The first-order valence-electron chi connectivity index (χ1n) is 6.79. The van der Waals surface area contributed by atoms with Crippen molar-refractivity contribution in [2.45, 2.75) is 57.2 Å². The van der Waals surface area contributed by atoms with Gasteiger partial charge in [-0.2, -0.15) is 16.9 Å². The Labute approximate surface area is 113 Å². The van der Waals surface area contributed by atoms with Crippen LogP contribution in [0.25, 0.3) is 0 Å². The second-order valence-electron chi connectivity index (χ2n) is 4.78. The maximum absolute atomic E-state index is 11.9. The van der Waals surface area contributed by atoms with E-state index in [9.17, 15) is 4.79 Å². The molecule has 100 valence electrons. The standard InChI is InChI=1S/C13H21N3OS/c1-2-16-13(14-10-15-16)8-11(17)9-18-12-6-4-3-5-7-12/h10,12H,2-9H2,1H3. The van der Waals surface area contributed by atoms with Crippen LogP contribution in [-0.4, -0.2) is 31.6 Å². The smallest absolute Gasteiger partial charge is 0.150 e. The van der Waals surface area contributed by atoms with E-state index in [1.165, 1.54) is 38.4 Å². The monoisotopic (exact) mass is 267 g/mol. The van der Waals surface area contributed by atoms with Crippen molar-refractivity contribution in [3.8, 4) is 0 Å². The number of aryl methyl sites for hydroxylation is 1. The van der Waals surface area contributed by atoms with Crippen LogP contribution in [0, 0.1) is 0 Å². The van der Waals surface area contributed by atoms with Crippen molar-refractivity contribution in [3.63, 3.8) is 0 Å². The van der Waals surface area contributed by atoms with Crippen LogP contribution in [0.3, 0.4) is 0 Å². The van der Waals surface area contributed by atoms with Crippen molar-refractivity contribution in [2.24, 2.45) is 0 Å². The van der Waals surface area contributed by atoms with Crippen molar-refractivity contribution in [2.75, 3.05) is 5.75 Å². The normalized spacial score (nSPS) is 16.9. The Kier molecular flexibility index (Phi) is 5.23. The van der Waals surface area contributed by atoms with Crippen molar-refractivity contribution < 1.29 is 4.79 Å².